The van der Waals surface area contributed by atoms with Gasteiger partial charge in [0, 0.05) is 17.2 Å². The van der Waals surface area contributed by atoms with E-state index in [1.54, 1.807) is 0 Å². The smallest absolute Gasteiger partial charge is 0.258 e. The second kappa shape index (κ2) is 4.68. The molecule has 6 nitrogen and oxygen atoms in total. The van der Waals surface area contributed by atoms with Crippen molar-refractivity contribution in [3.8, 4) is 0 Å². The average molecular weight is 303 g/mol. The molecule has 0 bridgehead atoms. The molecular weight excluding hydrogens is 296 g/mol. The zero-order valence-corrected chi connectivity index (χ0v) is 11.2. The molecule has 2 N–H and O–H groups in total. The van der Waals surface area contributed by atoms with Crippen LogP contribution in [0.1, 0.15) is 11.1 Å². The summed E-state index contributed by atoms with van der Waals surface area (Å²) in [5.74, 6) is -2.09. The highest BCUT2D eigenvalue weighted by atomic mass is 35.5. The van der Waals surface area contributed by atoms with E-state index in [1.807, 2.05) is 0 Å². The van der Waals surface area contributed by atoms with E-state index in [4.69, 9.17) is 11.6 Å². The highest BCUT2D eigenvalue weighted by molar-refractivity contribution is 6.37. The molecule has 104 valence electrons. The summed E-state index contributed by atoms with van der Waals surface area (Å²) in [5.41, 5.74) is 1.12. The zero-order chi connectivity index (χ0) is 15.1. The molecule has 0 unspecified atom stereocenters. The maximum Gasteiger partial charge on any atom is 0.258 e. The fraction of sp³-hybridized carbons (Fsp3) is 0. The van der Waals surface area contributed by atoms with Crippen molar-refractivity contribution in [2.75, 3.05) is 0 Å². The Morgan fingerprint density at radius 1 is 0.714 bits per heavy atom. The summed E-state index contributed by atoms with van der Waals surface area (Å²) in [4.78, 5) is 45.7. The summed E-state index contributed by atoms with van der Waals surface area (Å²) in [7, 11) is 0. The highest BCUT2D eigenvalue weighted by Crippen LogP contribution is 2.28. The van der Waals surface area contributed by atoms with Gasteiger partial charge in [0.2, 0.25) is 0 Å². The van der Waals surface area contributed by atoms with E-state index in [-0.39, 0.29) is 16.2 Å². The summed E-state index contributed by atoms with van der Waals surface area (Å²) >= 11 is 5.99. The van der Waals surface area contributed by atoms with Crippen LogP contribution in [0.25, 0.3) is 11.1 Å². The van der Waals surface area contributed by atoms with E-state index in [0.29, 0.717) is 11.1 Å². The van der Waals surface area contributed by atoms with Gasteiger partial charge in [0.25, 0.3) is 23.6 Å². The number of halogens is 1. The third-order valence-corrected chi connectivity index (χ3v) is 3.25. The largest absolute Gasteiger partial charge is 0.289 e. The maximum atomic E-state index is 11.7. The van der Waals surface area contributed by atoms with Gasteiger partial charge in [-0.1, -0.05) is 11.6 Å². The lowest BCUT2D eigenvalue weighted by atomic mass is 9.99. The van der Waals surface area contributed by atoms with Gasteiger partial charge in [-0.05, 0) is 29.3 Å². The Balaban J connectivity index is 2.10. The van der Waals surface area contributed by atoms with Crippen LogP contribution in [0.4, 0.5) is 0 Å². The van der Waals surface area contributed by atoms with Gasteiger partial charge in [-0.2, -0.15) is 0 Å². The van der Waals surface area contributed by atoms with Crippen LogP contribution in [-0.2, 0) is 19.2 Å². The first kappa shape index (κ1) is 13.3. The fourth-order valence-corrected chi connectivity index (χ4v) is 2.39. The van der Waals surface area contributed by atoms with Gasteiger partial charge in [-0.15, -0.1) is 0 Å². The number of nitrogens with one attached hydrogen (secondary N) is 2. The Morgan fingerprint density at radius 2 is 1.14 bits per heavy atom. The Bertz CT molecular complexity index is 730. The number of hydrogen-bond acceptors (Lipinski definition) is 4. The number of benzene rings is 1. The van der Waals surface area contributed by atoms with Crippen molar-refractivity contribution >= 4 is 46.4 Å². The van der Waals surface area contributed by atoms with Crippen molar-refractivity contribution in [2.24, 2.45) is 0 Å². The normalized spacial score (nSPS) is 17.6. The molecular formula is C14H7ClN2O4. The quantitative estimate of drug-likeness (QED) is 0.774. The molecule has 1 aromatic rings. The minimum Gasteiger partial charge on any atom is -0.289 e. The standard InChI is InChI=1S/C14H7ClN2O4/c15-8-2-6(9-4-11(18)16-13(9)20)1-7(3-8)10-5-12(19)17-14(10)21/h1-5H,(H,16,18,20)(H,17,19,21). The number of amides is 4. The predicted octanol–water partition coefficient (Wildman–Crippen LogP) is 0.420. The first-order chi connectivity index (χ1) is 9.94. The van der Waals surface area contributed by atoms with Crippen LogP contribution in [0.2, 0.25) is 5.02 Å². The van der Waals surface area contributed by atoms with E-state index in [0.717, 1.165) is 12.2 Å². The van der Waals surface area contributed by atoms with E-state index in [1.165, 1.54) is 18.2 Å². The number of carbonyl (C=O) groups is 4. The summed E-state index contributed by atoms with van der Waals surface area (Å²) in [6.07, 6.45) is 2.32. The molecule has 3 rings (SSSR count). The Hall–Kier alpha value is -2.73. The fourth-order valence-electron chi connectivity index (χ4n) is 2.15. The Kier molecular flexibility index (Phi) is 2.95. The van der Waals surface area contributed by atoms with Crippen LogP contribution >= 0.6 is 11.6 Å². The van der Waals surface area contributed by atoms with Gasteiger partial charge < -0.3 is 0 Å². The summed E-state index contributed by atoms with van der Waals surface area (Å²) in [6.45, 7) is 0. The van der Waals surface area contributed by atoms with Crippen LogP contribution in [0.3, 0.4) is 0 Å². The Labute approximate surface area is 123 Å². The summed E-state index contributed by atoms with van der Waals surface area (Å²) in [6, 6.07) is 4.54. The van der Waals surface area contributed by atoms with Crippen molar-refractivity contribution in [3.05, 3.63) is 46.5 Å². The molecule has 7 heteroatoms. The van der Waals surface area contributed by atoms with Crippen LogP contribution in [0.15, 0.2) is 30.4 Å². The molecule has 0 aliphatic carbocycles. The molecule has 2 aliphatic heterocycles. The van der Waals surface area contributed by atoms with Crippen molar-refractivity contribution in [1.82, 2.24) is 10.6 Å². The molecule has 21 heavy (non-hydrogen) atoms. The van der Waals surface area contributed by atoms with Gasteiger partial charge >= 0.3 is 0 Å². The molecule has 0 radical (unpaired) electrons. The number of rotatable bonds is 2. The number of imide groups is 2. The topological polar surface area (TPSA) is 92.3 Å². The molecule has 2 aliphatic rings. The third kappa shape index (κ3) is 2.36. The lowest BCUT2D eigenvalue weighted by molar-refractivity contribution is -0.124. The lowest BCUT2D eigenvalue weighted by Gasteiger charge is -2.06. The van der Waals surface area contributed by atoms with Crippen molar-refractivity contribution in [1.29, 1.82) is 0 Å². The van der Waals surface area contributed by atoms with Crippen LogP contribution in [-0.4, -0.2) is 23.6 Å². The zero-order valence-electron chi connectivity index (χ0n) is 10.4. The molecule has 0 atom stereocenters. The lowest BCUT2D eigenvalue weighted by Crippen LogP contribution is -2.22. The molecule has 4 amide bonds. The first-order valence-corrected chi connectivity index (χ1v) is 6.27. The van der Waals surface area contributed by atoms with Crippen LogP contribution in [0.5, 0.6) is 0 Å². The number of carbonyl (C=O) groups excluding carboxylic acids is 4. The van der Waals surface area contributed by atoms with Crippen molar-refractivity contribution < 1.29 is 19.2 Å². The van der Waals surface area contributed by atoms with Crippen molar-refractivity contribution in [2.45, 2.75) is 0 Å². The SMILES string of the molecule is O=C1C=C(c2cc(Cl)cc(C3=CC(=O)NC3=O)c2)C(=O)N1. The van der Waals surface area contributed by atoms with Gasteiger partial charge in [0.05, 0.1) is 11.1 Å². The van der Waals surface area contributed by atoms with Gasteiger partial charge in [-0.25, -0.2) is 0 Å². The first-order valence-electron chi connectivity index (χ1n) is 5.89. The minimum absolute atomic E-state index is 0.161. The maximum absolute atomic E-state index is 11.7. The average Bonchev–Trinajstić information content (AvgIpc) is 2.90. The predicted molar refractivity (Wildman–Crippen MR) is 73.7 cm³/mol. The second-order valence-electron chi connectivity index (χ2n) is 4.48. The van der Waals surface area contributed by atoms with Gasteiger partial charge in [0.15, 0.2) is 0 Å². The third-order valence-electron chi connectivity index (χ3n) is 3.03. The van der Waals surface area contributed by atoms with Gasteiger partial charge in [-0.3, -0.25) is 29.8 Å². The molecule has 1 aromatic carbocycles. The monoisotopic (exact) mass is 302 g/mol. The summed E-state index contributed by atoms with van der Waals surface area (Å²) in [5, 5.41) is 4.54. The van der Waals surface area contributed by atoms with E-state index >= 15 is 0 Å². The van der Waals surface area contributed by atoms with Crippen LogP contribution < -0.4 is 10.6 Å². The Morgan fingerprint density at radius 3 is 1.48 bits per heavy atom. The second-order valence-corrected chi connectivity index (χ2v) is 4.92. The van der Waals surface area contributed by atoms with E-state index in [2.05, 4.69) is 10.6 Å². The highest BCUT2D eigenvalue weighted by Gasteiger charge is 2.26. The van der Waals surface area contributed by atoms with Gasteiger partial charge in [0.1, 0.15) is 0 Å². The van der Waals surface area contributed by atoms with Crippen molar-refractivity contribution in [3.63, 3.8) is 0 Å². The molecule has 0 aromatic heterocycles. The molecule has 0 saturated carbocycles. The molecule has 0 fully saturated rings. The van der Waals surface area contributed by atoms with E-state index < -0.39 is 23.6 Å². The summed E-state index contributed by atoms with van der Waals surface area (Å²) < 4.78 is 0. The molecule has 2 heterocycles. The van der Waals surface area contributed by atoms with Crippen LogP contribution in [0, 0.1) is 0 Å². The minimum atomic E-state index is -0.533. The molecule has 0 saturated heterocycles. The van der Waals surface area contributed by atoms with E-state index in [9.17, 15) is 19.2 Å². The number of hydrogen-bond donors (Lipinski definition) is 2. The molecule has 0 spiro atoms.